The lowest BCUT2D eigenvalue weighted by atomic mass is 10.0. The molecule has 166 valence electrons. The van der Waals surface area contributed by atoms with Crippen molar-refractivity contribution in [1.82, 2.24) is 10.2 Å². The molecule has 0 spiro atoms. The molecule has 0 bridgehead atoms. The van der Waals surface area contributed by atoms with Gasteiger partial charge in [0.1, 0.15) is 6.04 Å². The Morgan fingerprint density at radius 3 is 2.31 bits per heavy atom. The maximum absolute atomic E-state index is 14.0. The first-order valence-corrected chi connectivity index (χ1v) is 10.5. The number of amides is 2. The van der Waals surface area contributed by atoms with Crippen LogP contribution in [0.5, 0.6) is 5.75 Å². The van der Waals surface area contributed by atoms with Gasteiger partial charge in [-0.1, -0.05) is 66.7 Å². The number of hydrogen-bond donors (Lipinski definition) is 1. The van der Waals surface area contributed by atoms with Gasteiger partial charge < -0.3 is 15.0 Å². The largest absolute Gasteiger partial charge is 0.481 e. The van der Waals surface area contributed by atoms with Crippen LogP contribution in [0.15, 0.2) is 78.9 Å². The minimum absolute atomic E-state index is 0.00348. The monoisotopic (exact) mass is 434 g/mol. The zero-order valence-corrected chi connectivity index (χ0v) is 18.3. The highest BCUT2D eigenvalue weighted by atomic mass is 19.1. The predicted molar refractivity (Wildman–Crippen MR) is 122 cm³/mol. The highest BCUT2D eigenvalue weighted by molar-refractivity contribution is 5.88. The summed E-state index contributed by atoms with van der Waals surface area (Å²) in [6.45, 7) is 1.81. The standard InChI is InChI=1S/C26H27FN2O3/c1-19-10-6-7-13-21(19)17-29(25(30)18-32-24-15-9-8-14-22(24)27)23(26(31)28-2)16-20-11-4-3-5-12-20/h3-15,23H,16-18H2,1-2H3,(H,28,31)/t23-/m1/s1. The Hall–Kier alpha value is -3.67. The van der Waals surface area contributed by atoms with Crippen LogP contribution < -0.4 is 10.1 Å². The van der Waals surface area contributed by atoms with Crippen LogP contribution >= 0.6 is 0 Å². The fourth-order valence-electron chi connectivity index (χ4n) is 3.48. The van der Waals surface area contributed by atoms with Crippen molar-refractivity contribution in [2.45, 2.75) is 25.9 Å². The summed E-state index contributed by atoms with van der Waals surface area (Å²) in [5, 5.41) is 2.67. The number of para-hydroxylation sites is 1. The topological polar surface area (TPSA) is 58.6 Å². The quantitative estimate of drug-likeness (QED) is 0.556. The normalized spacial score (nSPS) is 11.5. The van der Waals surface area contributed by atoms with Crippen LogP contribution in [0, 0.1) is 12.7 Å². The van der Waals surface area contributed by atoms with Crippen molar-refractivity contribution in [1.29, 1.82) is 0 Å². The number of likely N-dealkylation sites (N-methyl/N-ethyl adjacent to an activating group) is 1. The molecule has 0 radical (unpaired) electrons. The summed E-state index contributed by atoms with van der Waals surface area (Å²) in [4.78, 5) is 27.7. The summed E-state index contributed by atoms with van der Waals surface area (Å²) in [6.07, 6.45) is 0.345. The molecule has 6 heteroatoms. The van der Waals surface area contributed by atoms with Gasteiger partial charge in [0.2, 0.25) is 5.91 Å². The number of carbonyl (C=O) groups excluding carboxylic acids is 2. The second-order valence-corrected chi connectivity index (χ2v) is 7.49. The number of carbonyl (C=O) groups is 2. The molecule has 2 amide bonds. The molecule has 0 aliphatic carbocycles. The Morgan fingerprint density at radius 2 is 1.62 bits per heavy atom. The number of aryl methyl sites for hydroxylation is 1. The third-order valence-corrected chi connectivity index (χ3v) is 5.31. The van der Waals surface area contributed by atoms with Gasteiger partial charge >= 0.3 is 0 Å². The SMILES string of the molecule is CNC(=O)[C@@H](Cc1ccccc1)N(Cc1ccccc1C)C(=O)COc1ccccc1F. The van der Waals surface area contributed by atoms with Crippen LogP contribution in [-0.2, 0) is 22.6 Å². The van der Waals surface area contributed by atoms with Crippen LogP contribution in [0.4, 0.5) is 4.39 Å². The minimum Gasteiger partial charge on any atom is -0.481 e. The van der Waals surface area contributed by atoms with Crippen LogP contribution in [-0.4, -0.2) is 36.4 Å². The number of rotatable bonds is 9. The molecule has 0 heterocycles. The average Bonchev–Trinajstić information content (AvgIpc) is 2.82. The van der Waals surface area contributed by atoms with Gasteiger partial charge in [0.05, 0.1) is 0 Å². The zero-order chi connectivity index (χ0) is 22.9. The van der Waals surface area contributed by atoms with Gasteiger partial charge in [-0.25, -0.2) is 4.39 Å². The molecule has 3 aromatic carbocycles. The van der Waals surface area contributed by atoms with Gasteiger partial charge in [-0.2, -0.15) is 0 Å². The highest BCUT2D eigenvalue weighted by Gasteiger charge is 2.30. The van der Waals surface area contributed by atoms with Gasteiger partial charge in [-0.3, -0.25) is 9.59 Å². The first-order valence-electron chi connectivity index (χ1n) is 10.5. The van der Waals surface area contributed by atoms with E-state index in [4.69, 9.17) is 4.74 Å². The molecule has 32 heavy (non-hydrogen) atoms. The Balaban J connectivity index is 1.89. The average molecular weight is 435 g/mol. The molecule has 0 saturated heterocycles. The summed E-state index contributed by atoms with van der Waals surface area (Å²) in [6, 6.07) is 22.4. The Kier molecular flexibility index (Phi) is 7.97. The van der Waals surface area contributed by atoms with E-state index in [9.17, 15) is 14.0 Å². The highest BCUT2D eigenvalue weighted by Crippen LogP contribution is 2.19. The molecular formula is C26H27FN2O3. The smallest absolute Gasteiger partial charge is 0.261 e. The van der Waals surface area contributed by atoms with Crippen molar-refractivity contribution in [3.63, 3.8) is 0 Å². The summed E-state index contributed by atoms with van der Waals surface area (Å²) in [7, 11) is 1.55. The maximum atomic E-state index is 14.0. The lowest BCUT2D eigenvalue weighted by molar-refractivity contribution is -0.142. The fraction of sp³-hybridized carbons (Fsp3) is 0.231. The first kappa shape index (κ1) is 23.0. The minimum atomic E-state index is -0.751. The van der Waals surface area contributed by atoms with E-state index in [0.717, 1.165) is 16.7 Å². The van der Waals surface area contributed by atoms with Gasteiger partial charge in [-0.05, 0) is 35.7 Å². The Morgan fingerprint density at radius 1 is 0.969 bits per heavy atom. The number of hydrogen-bond acceptors (Lipinski definition) is 3. The first-order chi connectivity index (χ1) is 15.5. The molecule has 1 atom stereocenters. The molecule has 5 nitrogen and oxygen atoms in total. The number of benzene rings is 3. The maximum Gasteiger partial charge on any atom is 0.261 e. The second kappa shape index (κ2) is 11.1. The third kappa shape index (κ3) is 5.94. The number of halogens is 1. The van der Waals surface area contributed by atoms with Crippen LogP contribution in [0.3, 0.4) is 0 Å². The molecule has 0 fully saturated rings. The van der Waals surface area contributed by atoms with Crippen molar-refractivity contribution >= 4 is 11.8 Å². The molecule has 0 saturated carbocycles. The van der Waals surface area contributed by atoms with Gasteiger partial charge in [0, 0.05) is 20.0 Å². The molecule has 0 aliphatic rings. The van der Waals surface area contributed by atoms with Crippen molar-refractivity contribution in [2.75, 3.05) is 13.7 Å². The van der Waals surface area contributed by atoms with E-state index in [-0.39, 0.29) is 24.8 Å². The van der Waals surface area contributed by atoms with Gasteiger partial charge in [0.25, 0.3) is 5.91 Å². The molecule has 0 unspecified atom stereocenters. The molecule has 1 N–H and O–H groups in total. The fourth-order valence-corrected chi connectivity index (χ4v) is 3.48. The molecule has 3 rings (SSSR count). The molecule has 3 aromatic rings. The van der Waals surface area contributed by atoms with E-state index < -0.39 is 17.8 Å². The lowest BCUT2D eigenvalue weighted by Gasteiger charge is -2.31. The Bertz CT molecular complexity index is 1060. The van der Waals surface area contributed by atoms with E-state index in [0.29, 0.717) is 6.42 Å². The summed E-state index contributed by atoms with van der Waals surface area (Å²) >= 11 is 0. The summed E-state index contributed by atoms with van der Waals surface area (Å²) in [5.41, 5.74) is 2.86. The molecule has 0 aromatic heterocycles. The van der Waals surface area contributed by atoms with E-state index in [1.54, 1.807) is 19.2 Å². The summed E-state index contributed by atoms with van der Waals surface area (Å²) in [5.74, 6) is -1.23. The number of nitrogens with zero attached hydrogens (tertiary/aromatic N) is 1. The van der Waals surface area contributed by atoms with Crippen molar-refractivity contribution in [3.05, 3.63) is 101 Å². The number of ether oxygens (including phenoxy) is 1. The second-order valence-electron chi connectivity index (χ2n) is 7.49. The van der Waals surface area contributed by atoms with E-state index in [2.05, 4.69) is 5.32 Å². The number of nitrogens with one attached hydrogen (secondary N) is 1. The predicted octanol–water partition coefficient (Wildman–Crippen LogP) is 3.90. The van der Waals surface area contributed by atoms with Crippen LogP contribution in [0.2, 0.25) is 0 Å². The van der Waals surface area contributed by atoms with Crippen molar-refractivity contribution in [3.8, 4) is 5.75 Å². The third-order valence-electron chi connectivity index (χ3n) is 5.31. The van der Waals surface area contributed by atoms with Crippen LogP contribution in [0.25, 0.3) is 0 Å². The summed E-state index contributed by atoms with van der Waals surface area (Å²) < 4.78 is 19.4. The van der Waals surface area contributed by atoms with E-state index in [1.165, 1.54) is 17.0 Å². The van der Waals surface area contributed by atoms with Crippen LogP contribution in [0.1, 0.15) is 16.7 Å². The van der Waals surface area contributed by atoms with Gasteiger partial charge in [-0.15, -0.1) is 0 Å². The van der Waals surface area contributed by atoms with Crippen molar-refractivity contribution in [2.24, 2.45) is 0 Å². The van der Waals surface area contributed by atoms with Gasteiger partial charge in [0.15, 0.2) is 18.2 Å². The Labute approximate surface area is 187 Å². The molecular weight excluding hydrogens is 407 g/mol. The van der Waals surface area contributed by atoms with Crippen molar-refractivity contribution < 1.29 is 18.7 Å². The zero-order valence-electron chi connectivity index (χ0n) is 18.3. The molecule has 0 aliphatic heterocycles. The van der Waals surface area contributed by atoms with E-state index in [1.807, 2.05) is 61.5 Å². The van der Waals surface area contributed by atoms with E-state index >= 15 is 0 Å². The lowest BCUT2D eigenvalue weighted by Crippen LogP contribution is -2.51.